The number of hydrogen-bond acceptors (Lipinski definition) is 3. The molecule has 0 aliphatic carbocycles. The average molecular weight is 250 g/mol. The molecule has 2 N–H and O–H groups in total. The van der Waals surface area contributed by atoms with Gasteiger partial charge in [-0.2, -0.15) is 12.6 Å². The number of amides is 1. The zero-order valence-corrected chi connectivity index (χ0v) is 10.7. The summed E-state index contributed by atoms with van der Waals surface area (Å²) in [6, 6.07) is 6.25. The maximum Gasteiger partial charge on any atom is 0.224 e. The van der Waals surface area contributed by atoms with Crippen molar-refractivity contribution < 1.29 is 4.79 Å². The van der Waals surface area contributed by atoms with E-state index >= 15 is 0 Å². The number of benzene rings is 1. The molecular weight excluding hydrogens is 232 g/mol. The molecule has 0 aromatic heterocycles. The van der Waals surface area contributed by atoms with Crippen molar-refractivity contribution in [3.05, 3.63) is 29.3 Å². The molecule has 1 aliphatic heterocycles. The Morgan fingerprint density at radius 3 is 3.06 bits per heavy atom. The van der Waals surface area contributed by atoms with Crippen LogP contribution in [0.1, 0.15) is 24.0 Å². The molecule has 4 heteroatoms. The monoisotopic (exact) mass is 250 g/mol. The SMILES string of the molecule is O=C1CCc2cc(CNCCCS)ccc2N1. The fraction of sp³-hybridized carbons (Fsp3) is 0.462. The molecule has 1 aromatic rings. The lowest BCUT2D eigenvalue weighted by Gasteiger charge is -2.17. The Morgan fingerprint density at radius 2 is 2.24 bits per heavy atom. The second kappa shape index (κ2) is 6.07. The average Bonchev–Trinajstić information content (AvgIpc) is 2.35. The highest BCUT2D eigenvalue weighted by molar-refractivity contribution is 7.80. The summed E-state index contributed by atoms with van der Waals surface area (Å²) in [6.07, 6.45) is 2.54. The summed E-state index contributed by atoms with van der Waals surface area (Å²) >= 11 is 4.17. The Labute approximate surface area is 107 Å². The van der Waals surface area contributed by atoms with E-state index in [0.717, 1.165) is 37.4 Å². The Kier molecular flexibility index (Phi) is 4.45. The van der Waals surface area contributed by atoms with E-state index in [1.165, 1.54) is 11.1 Å². The van der Waals surface area contributed by atoms with Gasteiger partial charge in [-0.05, 0) is 42.3 Å². The van der Waals surface area contributed by atoms with E-state index in [0.29, 0.717) is 6.42 Å². The van der Waals surface area contributed by atoms with Crippen molar-refractivity contribution in [3.8, 4) is 0 Å². The summed E-state index contributed by atoms with van der Waals surface area (Å²) in [4.78, 5) is 11.2. The number of nitrogens with one attached hydrogen (secondary N) is 2. The molecule has 2 rings (SSSR count). The van der Waals surface area contributed by atoms with Gasteiger partial charge in [0, 0.05) is 18.7 Å². The lowest BCUT2D eigenvalue weighted by atomic mass is 10.0. The highest BCUT2D eigenvalue weighted by atomic mass is 32.1. The van der Waals surface area contributed by atoms with Crippen LogP contribution in [0.3, 0.4) is 0 Å². The molecule has 1 aliphatic rings. The number of anilines is 1. The van der Waals surface area contributed by atoms with Crippen molar-refractivity contribution in [1.82, 2.24) is 5.32 Å². The fourth-order valence-corrected chi connectivity index (χ4v) is 2.14. The molecule has 3 nitrogen and oxygen atoms in total. The number of carbonyl (C=O) groups is 1. The third kappa shape index (κ3) is 3.48. The molecule has 0 spiro atoms. The molecular formula is C13H18N2OS. The quantitative estimate of drug-likeness (QED) is 0.552. The van der Waals surface area contributed by atoms with Gasteiger partial charge >= 0.3 is 0 Å². The number of carbonyl (C=O) groups excluding carboxylic acids is 1. The topological polar surface area (TPSA) is 41.1 Å². The van der Waals surface area contributed by atoms with E-state index in [2.05, 4.69) is 35.4 Å². The molecule has 1 amide bonds. The minimum Gasteiger partial charge on any atom is -0.326 e. The number of rotatable bonds is 5. The van der Waals surface area contributed by atoms with Crippen molar-refractivity contribution >= 4 is 24.2 Å². The van der Waals surface area contributed by atoms with Gasteiger partial charge in [-0.1, -0.05) is 12.1 Å². The zero-order valence-electron chi connectivity index (χ0n) is 9.83. The number of aryl methyl sites for hydroxylation is 1. The van der Waals surface area contributed by atoms with Gasteiger partial charge in [-0.15, -0.1) is 0 Å². The predicted molar refractivity (Wildman–Crippen MR) is 73.6 cm³/mol. The van der Waals surface area contributed by atoms with E-state index in [-0.39, 0.29) is 5.91 Å². The molecule has 0 unspecified atom stereocenters. The van der Waals surface area contributed by atoms with E-state index in [1.54, 1.807) is 0 Å². The van der Waals surface area contributed by atoms with Crippen LogP contribution in [0.15, 0.2) is 18.2 Å². The van der Waals surface area contributed by atoms with Gasteiger partial charge in [0.15, 0.2) is 0 Å². The van der Waals surface area contributed by atoms with Crippen LogP contribution in [-0.4, -0.2) is 18.2 Å². The van der Waals surface area contributed by atoms with Crippen molar-refractivity contribution in [2.75, 3.05) is 17.6 Å². The van der Waals surface area contributed by atoms with Crippen LogP contribution < -0.4 is 10.6 Å². The normalized spacial score (nSPS) is 14.3. The minimum atomic E-state index is 0.122. The molecule has 1 aromatic carbocycles. The van der Waals surface area contributed by atoms with Crippen molar-refractivity contribution in [3.63, 3.8) is 0 Å². The number of fused-ring (bicyclic) bond motifs is 1. The lowest BCUT2D eigenvalue weighted by molar-refractivity contribution is -0.116. The van der Waals surface area contributed by atoms with E-state index in [9.17, 15) is 4.79 Å². The first-order chi connectivity index (χ1) is 8.29. The van der Waals surface area contributed by atoms with Gasteiger partial charge in [0.25, 0.3) is 0 Å². The summed E-state index contributed by atoms with van der Waals surface area (Å²) in [5.74, 6) is 1.04. The van der Waals surface area contributed by atoms with E-state index in [1.807, 2.05) is 6.07 Å². The van der Waals surface area contributed by atoms with Gasteiger partial charge < -0.3 is 10.6 Å². The van der Waals surface area contributed by atoms with Gasteiger partial charge in [-0.3, -0.25) is 4.79 Å². The summed E-state index contributed by atoms with van der Waals surface area (Å²) in [5, 5.41) is 6.28. The van der Waals surface area contributed by atoms with Crippen LogP contribution in [-0.2, 0) is 17.8 Å². The second-order valence-electron chi connectivity index (χ2n) is 4.29. The van der Waals surface area contributed by atoms with Gasteiger partial charge in [0.1, 0.15) is 0 Å². The molecule has 0 radical (unpaired) electrons. The zero-order chi connectivity index (χ0) is 12.1. The van der Waals surface area contributed by atoms with E-state index < -0.39 is 0 Å². The summed E-state index contributed by atoms with van der Waals surface area (Å²) in [5.41, 5.74) is 3.50. The number of hydrogen-bond donors (Lipinski definition) is 3. The van der Waals surface area contributed by atoms with Crippen LogP contribution >= 0.6 is 12.6 Å². The van der Waals surface area contributed by atoms with Crippen LogP contribution in [0.4, 0.5) is 5.69 Å². The third-order valence-electron chi connectivity index (χ3n) is 2.91. The third-order valence-corrected chi connectivity index (χ3v) is 3.22. The van der Waals surface area contributed by atoms with Gasteiger partial charge in [-0.25, -0.2) is 0 Å². The van der Waals surface area contributed by atoms with Gasteiger partial charge in [0.2, 0.25) is 5.91 Å². The van der Waals surface area contributed by atoms with Crippen molar-refractivity contribution in [2.24, 2.45) is 0 Å². The molecule has 92 valence electrons. The first-order valence-corrected chi connectivity index (χ1v) is 6.66. The summed E-state index contributed by atoms with van der Waals surface area (Å²) in [6.45, 7) is 1.88. The van der Waals surface area contributed by atoms with Crippen LogP contribution in [0.25, 0.3) is 0 Å². The largest absolute Gasteiger partial charge is 0.326 e. The van der Waals surface area contributed by atoms with Crippen LogP contribution in [0.5, 0.6) is 0 Å². The van der Waals surface area contributed by atoms with E-state index in [4.69, 9.17) is 0 Å². The van der Waals surface area contributed by atoms with Crippen molar-refractivity contribution in [1.29, 1.82) is 0 Å². The van der Waals surface area contributed by atoms with Crippen LogP contribution in [0.2, 0.25) is 0 Å². The molecule has 0 saturated heterocycles. The molecule has 0 bridgehead atoms. The second-order valence-corrected chi connectivity index (χ2v) is 4.74. The molecule has 0 fully saturated rings. The standard InChI is InChI=1S/C13H18N2OS/c16-13-5-3-11-8-10(2-4-12(11)15-13)9-14-6-1-7-17/h2,4,8,14,17H,1,3,5-7,9H2,(H,15,16). The number of thiol groups is 1. The molecule has 17 heavy (non-hydrogen) atoms. The lowest BCUT2D eigenvalue weighted by Crippen LogP contribution is -2.20. The summed E-state index contributed by atoms with van der Waals surface area (Å²) < 4.78 is 0. The Bertz CT molecular complexity index is 406. The predicted octanol–water partition coefficient (Wildman–Crippen LogP) is 1.98. The highest BCUT2D eigenvalue weighted by Crippen LogP contribution is 2.23. The maximum absolute atomic E-state index is 11.2. The molecule has 0 saturated carbocycles. The Morgan fingerprint density at radius 1 is 1.35 bits per heavy atom. The smallest absolute Gasteiger partial charge is 0.224 e. The Balaban J connectivity index is 1.94. The Hall–Kier alpha value is -1.00. The maximum atomic E-state index is 11.2. The minimum absolute atomic E-state index is 0.122. The van der Waals surface area contributed by atoms with Crippen molar-refractivity contribution in [2.45, 2.75) is 25.8 Å². The van der Waals surface area contributed by atoms with Gasteiger partial charge in [0.05, 0.1) is 0 Å². The summed E-state index contributed by atoms with van der Waals surface area (Å²) in [7, 11) is 0. The van der Waals surface area contributed by atoms with Crippen LogP contribution in [0, 0.1) is 0 Å². The molecule has 1 heterocycles. The fourth-order valence-electron chi connectivity index (χ4n) is 1.98. The first-order valence-electron chi connectivity index (χ1n) is 6.03. The highest BCUT2D eigenvalue weighted by Gasteiger charge is 2.14. The first kappa shape index (κ1) is 12.5. The molecule has 0 atom stereocenters.